The number of anilines is 2. The zero-order valence-corrected chi connectivity index (χ0v) is 11.3. The molecular formula is C13H12F2N2O2S. The molecule has 0 atom stereocenters. The van der Waals surface area contributed by atoms with Gasteiger partial charge in [-0.1, -0.05) is 6.07 Å². The Labute approximate surface area is 115 Å². The van der Waals surface area contributed by atoms with Gasteiger partial charge in [-0.3, -0.25) is 4.72 Å². The number of hydrogen-bond donors (Lipinski definition) is 2. The molecule has 0 unspecified atom stereocenters. The molecule has 2 rings (SSSR count). The third-order valence-electron chi connectivity index (χ3n) is 2.74. The standard InChI is InChI=1S/C13H12F2N2O2S/c1-8-2-4-10(7-12(8)16)20(18,19)17-13-5-3-9(14)6-11(13)15/h2-7,17H,16H2,1H3. The Morgan fingerprint density at radius 2 is 1.80 bits per heavy atom. The molecule has 2 aromatic carbocycles. The monoisotopic (exact) mass is 298 g/mol. The Hall–Kier alpha value is -2.15. The minimum atomic E-state index is -3.98. The Bertz CT molecular complexity index is 761. The van der Waals surface area contributed by atoms with E-state index < -0.39 is 21.7 Å². The van der Waals surface area contributed by atoms with Crippen molar-refractivity contribution in [3.63, 3.8) is 0 Å². The fourth-order valence-corrected chi connectivity index (χ4v) is 2.66. The Morgan fingerprint density at radius 1 is 1.10 bits per heavy atom. The summed E-state index contributed by atoms with van der Waals surface area (Å²) in [5.41, 5.74) is 6.36. The minimum absolute atomic E-state index is 0.0932. The van der Waals surface area contributed by atoms with Gasteiger partial charge in [0.15, 0.2) is 0 Å². The second-order valence-electron chi connectivity index (χ2n) is 4.25. The molecule has 7 heteroatoms. The highest BCUT2D eigenvalue weighted by Gasteiger charge is 2.17. The Balaban J connectivity index is 2.38. The number of halogens is 2. The summed E-state index contributed by atoms with van der Waals surface area (Å²) < 4.78 is 52.4. The van der Waals surface area contributed by atoms with Crippen LogP contribution in [0.5, 0.6) is 0 Å². The molecule has 3 N–H and O–H groups in total. The van der Waals surface area contributed by atoms with Gasteiger partial charge in [0, 0.05) is 11.8 Å². The fraction of sp³-hybridized carbons (Fsp3) is 0.0769. The zero-order valence-electron chi connectivity index (χ0n) is 10.5. The molecule has 0 aromatic heterocycles. The van der Waals surface area contributed by atoms with Crippen LogP contribution in [0.1, 0.15) is 5.56 Å². The average Bonchev–Trinajstić information content (AvgIpc) is 2.36. The maximum absolute atomic E-state index is 13.4. The largest absolute Gasteiger partial charge is 0.398 e. The number of benzene rings is 2. The Morgan fingerprint density at radius 3 is 2.40 bits per heavy atom. The van der Waals surface area contributed by atoms with Gasteiger partial charge < -0.3 is 5.73 Å². The van der Waals surface area contributed by atoms with Crippen LogP contribution in [0.4, 0.5) is 20.2 Å². The van der Waals surface area contributed by atoms with Gasteiger partial charge in [0.1, 0.15) is 11.6 Å². The van der Waals surface area contributed by atoms with E-state index in [0.717, 1.165) is 17.7 Å². The molecule has 0 amide bonds. The van der Waals surface area contributed by atoms with Crippen molar-refractivity contribution < 1.29 is 17.2 Å². The summed E-state index contributed by atoms with van der Waals surface area (Å²) in [7, 11) is -3.98. The number of hydrogen-bond acceptors (Lipinski definition) is 3. The van der Waals surface area contributed by atoms with Crippen LogP contribution in [0.15, 0.2) is 41.3 Å². The molecule has 0 saturated carbocycles. The molecule has 0 bridgehead atoms. The second kappa shape index (κ2) is 5.09. The summed E-state index contributed by atoms with van der Waals surface area (Å²) in [6.07, 6.45) is 0. The number of aryl methyl sites for hydroxylation is 1. The fourth-order valence-electron chi connectivity index (χ4n) is 1.56. The molecule has 20 heavy (non-hydrogen) atoms. The molecule has 106 valence electrons. The number of nitrogens with two attached hydrogens (primary N) is 1. The minimum Gasteiger partial charge on any atom is -0.398 e. The third kappa shape index (κ3) is 2.88. The lowest BCUT2D eigenvalue weighted by Crippen LogP contribution is -2.14. The van der Waals surface area contributed by atoms with Crippen molar-refractivity contribution in [1.29, 1.82) is 0 Å². The first-order valence-electron chi connectivity index (χ1n) is 5.63. The van der Waals surface area contributed by atoms with E-state index in [1.165, 1.54) is 12.1 Å². The maximum atomic E-state index is 13.4. The van der Waals surface area contributed by atoms with Crippen LogP contribution in [0.2, 0.25) is 0 Å². The first kappa shape index (κ1) is 14.3. The molecule has 0 radical (unpaired) electrons. The molecule has 0 aliphatic rings. The first-order valence-corrected chi connectivity index (χ1v) is 7.12. The van der Waals surface area contributed by atoms with Crippen molar-refractivity contribution in [2.45, 2.75) is 11.8 Å². The van der Waals surface area contributed by atoms with E-state index in [4.69, 9.17) is 5.73 Å². The molecule has 2 aromatic rings. The molecule has 0 saturated heterocycles. The molecule has 0 fully saturated rings. The Kier molecular flexibility index (Phi) is 3.63. The summed E-state index contributed by atoms with van der Waals surface area (Å²) >= 11 is 0. The van der Waals surface area contributed by atoms with Gasteiger partial charge in [-0.25, -0.2) is 17.2 Å². The van der Waals surface area contributed by atoms with E-state index in [-0.39, 0.29) is 10.6 Å². The predicted molar refractivity (Wildman–Crippen MR) is 72.8 cm³/mol. The molecular weight excluding hydrogens is 286 g/mol. The van der Waals surface area contributed by atoms with E-state index in [1.807, 2.05) is 0 Å². The summed E-state index contributed by atoms with van der Waals surface area (Å²) in [5.74, 6) is -1.78. The highest BCUT2D eigenvalue weighted by molar-refractivity contribution is 7.92. The normalized spacial score (nSPS) is 11.3. The lowest BCUT2D eigenvalue weighted by molar-refractivity contribution is 0.583. The molecule has 0 aliphatic carbocycles. The average molecular weight is 298 g/mol. The van der Waals surface area contributed by atoms with Gasteiger partial charge in [-0.15, -0.1) is 0 Å². The zero-order chi connectivity index (χ0) is 14.9. The van der Waals surface area contributed by atoms with Crippen LogP contribution < -0.4 is 10.5 Å². The van der Waals surface area contributed by atoms with Crippen LogP contribution in [-0.4, -0.2) is 8.42 Å². The van der Waals surface area contributed by atoms with E-state index in [9.17, 15) is 17.2 Å². The smallest absolute Gasteiger partial charge is 0.262 e. The predicted octanol–water partition coefficient (Wildman–Crippen LogP) is 2.66. The highest BCUT2D eigenvalue weighted by atomic mass is 32.2. The van der Waals surface area contributed by atoms with E-state index in [0.29, 0.717) is 11.8 Å². The van der Waals surface area contributed by atoms with Gasteiger partial charge in [0.05, 0.1) is 10.6 Å². The first-order chi connectivity index (χ1) is 9.29. The van der Waals surface area contributed by atoms with Crippen LogP contribution in [0.25, 0.3) is 0 Å². The van der Waals surface area contributed by atoms with Crippen LogP contribution in [0, 0.1) is 18.6 Å². The van der Waals surface area contributed by atoms with Crippen molar-refractivity contribution in [1.82, 2.24) is 0 Å². The second-order valence-corrected chi connectivity index (χ2v) is 5.93. The highest BCUT2D eigenvalue weighted by Crippen LogP contribution is 2.22. The number of nitrogen functional groups attached to an aromatic ring is 1. The topological polar surface area (TPSA) is 72.2 Å². The summed E-state index contributed by atoms with van der Waals surface area (Å²) in [6, 6.07) is 6.75. The third-order valence-corrected chi connectivity index (χ3v) is 4.10. The van der Waals surface area contributed by atoms with Gasteiger partial charge in [0.2, 0.25) is 0 Å². The maximum Gasteiger partial charge on any atom is 0.262 e. The van der Waals surface area contributed by atoms with Crippen molar-refractivity contribution >= 4 is 21.4 Å². The summed E-state index contributed by atoms with van der Waals surface area (Å²) in [6.45, 7) is 1.73. The van der Waals surface area contributed by atoms with Gasteiger partial charge >= 0.3 is 0 Å². The SMILES string of the molecule is Cc1ccc(S(=O)(=O)Nc2ccc(F)cc2F)cc1N. The van der Waals surface area contributed by atoms with E-state index in [1.54, 1.807) is 13.0 Å². The van der Waals surface area contributed by atoms with Crippen LogP contribution in [0.3, 0.4) is 0 Å². The van der Waals surface area contributed by atoms with Crippen LogP contribution >= 0.6 is 0 Å². The molecule has 0 aliphatic heterocycles. The van der Waals surface area contributed by atoms with Crippen molar-refractivity contribution in [3.05, 3.63) is 53.6 Å². The quantitative estimate of drug-likeness (QED) is 0.856. The van der Waals surface area contributed by atoms with Crippen molar-refractivity contribution in [3.8, 4) is 0 Å². The van der Waals surface area contributed by atoms with Crippen molar-refractivity contribution in [2.75, 3.05) is 10.5 Å². The van der Waals surface area contributed by atoms with Crippen molar-refractivity contribution in [2.24, 2.45) is 0 Å². The molecule has 4 nitrogen and oxygen atoms in total. The van der Waals surface area contributed by atoms with Gasteiger partial charge in [0.25, 0.3) is 10.0 Å². The van der Waals surface area contributed by atoms with Gasteiger partial charge in [-0.2, -0.15) is 0 Å². The van der Waals surface area contributed by atoms with Gasteiger partial charge in [-0.05, 0) is 36.8 Å². The molecule has 0 heterocycles. The van der Waals surface area contributed by atoms with E-state index >= 15 is 0 Å². The summed E-state index contributed by atoms with van der Waals surface area (Å²) in [4.78, 5) is -0.0932. The number of sulfonamides is 1. The summed E-state index contributed by atoms with van der Waals surface area (Å²) in [5, 5.41) is 0. The lowest BCUT2D eigenvalue weighted by Gasteiger charge is -2.10. The van der Waals surface area contributed by atoms with Crippen LogP contribution in [-0.2, 0) is 10.0 Å². The number of nitrogens with one attached hydrogen (secondary N) is 1. The molecule has 0 spiro atoms. The lowest BCUT2D eigenvalue weighted by atomic mass is 10.2. The number of rotatable bonds is 3. The van der Waals surface area contributed by atoms with E-state index in [2.05, 4.69) is 4.72 Å².